The standard InChI is InChI=1S/C16H21N3O2/c1-11-6-5-7-13(8-11)12(2)17-9-14-10-18(3)16(21)19(4)15(14)20/h5-8,10,12,17H,9H2,1-4H3/t12-/m0/s1. The van der Waals surface area contributed by atoms with Gasteiger partial charge in [0.05, 0.1) is 0 Å². The molecule has 0 aliphatic rings. The number of aromatic nitrogens is 2. The number of benzene rings is 1. The molecule has 0 aliphatic carbocycles. The highest BCUT2D eigenvalue weighted by Crippen LogP contribution is 2.13. The highest BCUT2D eigenvalue weighted by molar-refractivity contribution is 5.24. The van der Waals surface area contributed by atoms with Crippen molar-refractivity contribution < 1.29 is 0 Å². The molecule has 2 aromatic rings. The summed E-state index contributed by atoms with van der Waals surface area (Å²) in [6, 6.07) is 8.39. The minimum Gasteiger partial charge on any atom is -0.306 e. The zero-order valence-corrected chi connectivity index (χ0v) is 12.9. The van der Waals surface area contributed by atoms with Gasteiger partial charge in [-0.05, 0) is 19.4 Å². The lowest BCUT2D eigenvalue weighted by molar-refractivity contribution is 0.558. The molecule has 1 N–H and O–H groups in total. The molecule has 1 aromatic carbocycles. The molecule has 0 aliphatic heterocycles. The average Bonchev–Trinajstić information content (AvgIpc) is 2.47. The fourth-order valence-electron chi connectivity index (χ4n) is 2.32. The zero-order valence-electron chi connectivity index (χ0n) is 12.9. The molecule has 112 valence electrons. The van der Waals surface area contributed by atoms with E-state index in [-0.39, 0.29) is 17.3 Å². The Morgan fingerprint density at radius 2 is 1.95 bits per heavy atom. The maximum Gasteiger partial charge on any atom is 0.330 e. The molecule has 5 nitrogen and oxygen atoms in total. The lowest BCUT2D eigenvalue weighted by atomic mass is 10.1. The number of hydrogen-bond acceptors (Lipinski definition) is 3. The van der Waals surface area contributed by atoms with Crippen molar-refractivity contribution >= 4 is 0 Å². The third kappa shape index (κ3) is 3.31. The fourth-order valence-corrected chi connectivity index (χ4v) is 2.32. The van der Waals surface area contributed by atoms with Crippen LogP contribution in [0.3, 0.4) is 0 Å². The number of rotatable bonds is 4. The van der Waals surface area contributed by atoms with Gasteiger partial charge in [0, 0.05) is 38.4 Å². The molecule has 0 saturated heterocycles. The van der Waals surface area contributed by atoms with E-state index in [9.17, 15) is 9.59 Å². The molecular formula is C16H21N3O2. The SMILES string of the molecule is Cc1cccc([C@H](C)NCc2cn(C)c(=O)n(C)c2=O)c1. The number of aryl methyl sites for hydroxylation is 2. The third-order valence-corrected chi connectivity index (χ3v) is 3.66. The Bertz CT molecular complexity index is 759. The van der Waals surface area contributed by atoms with Crippen molar-refractivity contribution in [3.63, 3.8) is 0 Å². The van der Waals surface area contributed by atoms with Gasteiger partial charge in [-0.25, -0.2) is 4.79 Å². The van der Waals surface area contributed by atoms with Crippen molar-refractivity contribution in [2.24, 2.45) is 14.1 Å². The van der Waals surface area contributed by atoms with Gasteiger partial charge in [0.1, 0.15) is 0 Å². The van der Waals surface area contributed by atoms with Crippen LogP contribution < -0.4 is 16.6 Å². The minimum absolute atomic E-state index is 0.131. The van der Waals surface area contributed by atoms with Gasteiger partial charge in [-0.15, -0.1) is 0 Å². The van der Waals surface area contributed by atoms with E-state index in [0.717, 1.165) is 4.57 Å². The number of nitrogens with zero attached hydrogens (tertiary/aromatic N) is 2. The molecule has 0 unspecified atom stereocenters. The lowest BCUT2D eigenvalue weighted by Crippen LogP contribution is -2.39. The van der Waals surface area contributed by atoms with Crippen LogP contribution in [-0.2, 0) is 20.6 Å². The van der Waals surface area contributed by atoms with Crippen LogP contribution in [0.15, 0.2) is 40.1 Å². The van der Waals surface area contributed by atoms with Gasteiger partial charge in [0.25, 0.3) is 5.56 Å². The monoisotopic (exact) mass is 287 g/mol. The first-order chi connectivity index (χ1) is 9.90. The second kappa shape index (κ2) is 6.10. The molecular weight excluding hydrogens is 266 g/mol. The summed E-state index contributed by atoms with van der Waals surface area (Å²) in [5.74, 6) is 0. The zero-order chi connectivity index (χ0) is 15.6. The summed E-state index contributed by atoms with van der Waals surface area (Å²) in [5.41, 5.74) is 2.41. The Morgan fingerprint density at radius 3 is 2.62 bits per heavy atom. The Morgan fingerprint density at radius 1 is 1.24 bits per heavy atom. The van der Waals surface area contributed by atoms with Crippen molar-refractivity contribution in [2.45, 2.75) is 26.4 Å². The van der Waals surface area contributed by atoms with Crippen molar-refractivity contribution in [3.05, 3.63) is 68.0 Å². The topological polar surface area (TPSA) is 56.0 Å². The normalized spacial score (nSPS) is 12.4. The van der Waals surface area contributed by atoms with E-state index in [2.05, 4.69) is 37.4 Å². The van der Waals surface area contributed by atoms with Crippen LogP contribution in [0.5, 0.6) is 0 Å². The largest absolute Gasteiger partial charge is 0.330 e. The maximum atomic E-state index is 12.1. The van der Waals surface area contributed by atoms with Gasteiger partial charge in [0.2, 0.25) is 0 Å². The molecule has 21 heavy (non-hydrogen) atoms. The smallest absolute Gasteiger partial charge is 0.306 e. The van der Waals surface area contributed by atoms with Crippen LogP contribution in [-0.4, -0.2) is 9.13 Å². The van der Waals surface area contributed by atoms with E-state index in [1.54, 1.807) is 13.2 Å². The number of nitrogens with one attached hydrogen (secondary N) is 1. The van der Waals surface area contributed by atoms with Crippen LogP contribution in [0, 0.1) is 6.92 Å². The van der Waals surface area contributed by atoms with Crippen LogP contribution in [0.4, 0.5) is 0 Å². The minimum atomic E-state index is -0.310. The predicted molar refractivity (Wildman–Crippen MR) is 83.4 cm³/mol. The molecule has 0 amide bonds. The molecule has 1 heterocycles. The molecule has 2 rings (SSSR count). The first-order valence-corrected chi connectivity index (χ1v) is 6.95. The fraction of sp³-hybridized carbons (Fsp3) is 0.375. The van der Waals surface area contributed by atoms with E-state index in [4.69, 9.17) is 0 Å². The molecule has 0 radical (unpaired) electrons. The molecule has 0 fully saturated rings. The van der Waals surface area contributed by atoms with Gasteiger partial charge in [0.15, 0.2) is 0 Å². The molecule has 1 atom stereocenters. The third-order valence-electron chi connectivity index (χ3n) is 3.66. The van der Waals surface area contributed by atoms with Gasteiger partial charge in [-0.1, -0.05) is 29.8 Å². The number of hydrogen-bond donors (Lipinski definition) is 1. The Balaban J connectivity index is 2.17. The molecule has 0 bridgehead atoms. The molecule has 5 heteroatoms. The lowest BCUT2D eigenvalue weighted by Gasteiger charge is -2.15. The van der Waals surface area contributed by atoms with Gasteiger partial charge < -0.3 is 9.88 Å². The van der Waals surface area contributed by atoms with Crippen LogP contribution >= 0.6 is 0 Å². The van der Waals surface area contributed by atoms with Gasteiger partial charge >= 0.3 is 5.69 Å². The maximum absolute atomic E-state index is 12.1. The first kappa shape index (κ1) is 15.3. The summed E-state index contributed by atoms with van der Waals surface area (Å²) in [6.45, 7) is 4.54. The van der Waals surface area contributed by atoms with E-state index < -0.39 is 0 Å². The Labute approximate surface area is 123 Å². The first-order valence-electron chi connectivity index (χ1n) is 6.95. The van der Waals surface area contributed by atoms with Crippen molar-refractivity contribution in [2.75, 3.05) is 0 Å². The van der Waals surface area contributed by atoms with E-state index in [1.165, 1.54) is 22.7 Å². The quantitative estimate of drug-likeness (QED) is 0.920. The second-order valence-corrected chi connectivity index (χ2v) is 5.43. The predicted octanol–water partition coefficient (Wildman–Crippen LogP) is 1.24. The second-order valence-electron chi connectivity index (χ2n) is 5.43. The van der Waals surface area contributed by atoms with Crippen LogP contribution in [0.2, 0.25) is 0 Å². The van der Waals surface area contributed by atoms with E-state index in [1.807, 2.05) is 6.07 Å². The van der Waals surface area contributed by atoms with Gasteiger partial charge in [-0.2, -0.15) is 0 Å². The van der Waals surface area contributed by atoms with Crippen LogP contribution in [0.25, 0.3) is 0 Å². The highest BCUT2D eigenvalue weighted by Gasteiger charge is 2.09. The summed E-state index contributed by atoms with van der Waals surface area (Å²) in [4.78, 5) is 23.7. The summed E-state index contributed by atoms with van der Waals surface area (Å²) >= 11 is 0. The summed E-state index contributed by atoms with van der Waals surface area (Å²) in [6.07, 6.45) is 1.60. The molecule has 1 aromatic heterocycles. The van der Waals surface area contributed by atoms with E-state index in [0.29, 0.717) is 12.1 Å². The van der Waals surface area contributed by atoms with Crippen molar-refractivity contribution in [3.8, 4) is 0 Å². The highest BCUT2D eigenvalue weighted by atomic mass is 16.2. The van der Waals surface area contributed by atoms with E-state index >= 15 is 0 Å². The Kier molecular flexibility index (Phi) is 4.43. The summed E-state index contributed by atoms with van der Waals surface area (Å²) in [7, 11) is 3.15. The van der Waals surface area contributed by atoms with Crippen LogP contribution in [0.1, 0.15) is 29.7 Å². The summed E-state index contributed by atoms with van der Waals surface area (Å²) < 4.78 is 2.56. The van der Waals surface area contributed by atoms with Gasteiger partial charge in [-0.3, -0.25) is 9.36 Å². The summed E-state index contributed by atoms with van der Waals surface area (Å²) in [5, 5.41) is 3.33. The molecule has 0 spiro atoms. The Hall–Kier alpha value is -2.14. The molecule has 0 saturated carbocycles. The van der Waals surface area contributed by atoms with Crippen molar-refractivity contribution in [1.82, 2.24) is 14.5 Å². The average molecular weight is 287 g/mol. The van der Waals surface area contributed by atoms with Crippen molar-refractivity contribution in [1.29, 1.82) is 0 Å².